The number of benzene rings is 2. The smallest absolute Gasteiger partial charge is 0.141 e. The molecule has 0 aliphatic rings. The maximum atomic E-state index is 13.0. The van der Waals surface area contributed by atoms with Crippen LogP contribution < -0.4 is 11.1 Å². The molecular formula is C12H9BrClFN2. The quantitative estimate of drug-likeness (QED) is 0.797. The number of hydrogen-bond donors (Lipinski definition) is 2. The van der Waals surface area contributed by atoms with Gasteiger partial charge in [0.05, 0.1) is 10.7 Å². The van der Waals surface area contributed by atoms with Gasteiger partial charge in [-0.15, -0.1) is 0 Å². The molecule has 0 amide bonds. The molecule has 3 N–H and O–H groups in total. The Morgan fingerprint density at radius 3 is 2.59 bits per heavy atom. The molecule has 2 rings (SSSR count). The highest BCUT2D eigenvalue weighted by atomic mass is 79.9. The van der Waals surface area contributed by atoms with Crippen LogP contribution in [0.5, 0.6) is 0 Å². The van der Waals surface area contributed by atoms with Crippen molar-refractivity contribution >= 4 is 44.6 Å². The summed E-state index contributed by atoms with van der Waals surface area (Å²) in [6.07, 6.45) is 0. The zero-order chi connectivity index (χ0) is 12.4. The lowest BCUT2D eigenvalue weighted by molar-refractivity contribution is 0.628. The molecule has 0 aromatic heterocycles. The summed E-state index contributed by atoms with van der Waals surface area (Å²) in [6.45, 7) is 0. The van der Waals surface area contributed by atoms with Crippen molar-refractivity contribution in [1.82, 2.24) is 0 Å². The lowest BCUT2D eigenvalue weighted by atomic mass is 10.2. The van der Waals surface area contributed by atoms with Gasteiger partial charge in [0.1, 0.15) is 5.82 Å². The molecule has 0 saturated heterocycles. The summed E-state index contributed by atoms with van der Waals surface area (Å²) in [7, 11) is 0. The average molecular weight is 316 g/mol. The summed E-state index contributed by atoms with van der Waals surface area (Å²) < 4.78 is 13.8. The fraction of sp³-hybridized carbons (Fsp3) is 0. The first-order valence-corrected chi connectivity index (χ1v) is 6.00. The second kappa shape index (κ2) is 4.94. The summed E-state index contributed by atoms with van der Waals surface area (Å²) in [5, 5.41) is 3.20. The fourth-order valence-electron chi connectivity index (χ4n) is 1.36. The number of hydrogen-bond acceptors (Lipinski definition) is 2. The highest BCUT2D eigenvalue weighted by Crippen LogP contribution is 2.29. The van der Waals surface area contributed by atoms with Crippen molar-refractivity contribution in [3.05, 3.63) is 51.7 Å². The van der Waals surface area contributed by atoms with Gasteiger partial charge in [-0.1, -0.05) is 11.6 Å². The molecule has 2 aromatic rings. The molecule has 88 valence electrons. The Kier molecular flexibility index (Phi) is 3.54. The highest BCUT2D eigenvalue weighted by molar-refractivity contribution is 9.10. The second-order valence-electron chi connectivity index (χ2n) is 3.49. The molecule has 2 aromatic carbocycles. The molecule has 0 spiro atoms. The molecule has 0 fully saturated rings. The number of nitrogen functional groups attached to an aromatic ring is 1. The van der Waals surface area contributed by atoms with Crippen molar-refractivity contribution < 1.29 is 4.39 Å². The van der Waals surface area contributed by atoms with Gasteiger partial charge in [0.2, 0.25) is 0 Å². The van der Waals surface area contributed by atoms with Gasteiger partial charge in [-0.25, -0.2) is 4.39 Å². The van der Waals surface area contributed by atoms with Crippen LogP contribution in [0.2, 0.25) is 5.02 Å². The summed E-state index contributed by atoms with van der Waals surface area (Å²) >= 11 is 9.09. The Bertz CT molecular complexity index is 560. The summed E-state index contributed by atoms with van der Waals surface area (Å²) in [5.74, 6) is -0.436. The van der Waals surface area contributed by atoms with Crippen LogP contribution in [-0.2, 0) is 0 Å². The highest BCUT2D eigenvalue weighted by Gasteiger charge is 2.03. The number of halogens is 3. The lowest BCUT2D eigenvalue weighted by Gasteiger charge is -2.09. The molecular weight excluding hydrogens is 307 g/mol. The molecule has 0 atom stereocenters. The fourth-order valence-corrected chi connectivity index (χ4v) is 2.04. The zero-order valence-electron chi connectivity index (χ0n) is 8.68. The van der Waals surface area contributed by atoms with E-state index in [0.29, 0.717) is 11.4 Å². The van der Waals surface area contributed by atoms with Crippen LogP contribution >= 0.6 is 27.5 Å². The topological polar surface area (TPSA) is 38.0 Å². The maximum absolute atomic E-state index is 13.0. The molecule has 0 heterocycles. The van der Waals surface area contributed by atoms with Crippen LogP contribution in [0.1, 0.15) is 0 Å². The first-order valence-electron chi connectivity index (χ1n) is 4.83. The standard InChI is InChI=1S/C12H9BrClFN2/c13-9-5-7(16)1-4-12(9)17-8-2-3-11(15)10(14)6-8/h1-6,17H,16H2. The van der Waals surface area contributed by atoms with Crippen LogP contribution in [0.15, 0.2) is 40.9 Å². The Morgan fingerprint density at radius 2 is 1.94 bits per heavy atom. The molecule has 0 aliphatic carbocycles. The SMILES string of the molecule is Nc1ccc(Nc2ccc(F)c(Cl)c2)c(Br)c1. The van der Waals surface area contributed by atoms with E-state index >= 15 is 0 Å². The first kappa shape index (κ1) is 12.2. The Balaban J connectivity index is 2.28. The average Bonchev–Trinajstić information content (AvgIpc) is 2.27. The number of anilines is 3. The molecule has 5 heteroatoms. The molecule has 0 aliphatic heterocycles. The van der Waals surface area contributed by atoms with E-state index in [1.165, 1.54) is 12.1 Å². The third-order valence-corrected chi connectivity index (χ3v) is 3.14. The number of nitrogens with one attached hydrogen (secondary N) is 1. The monoisotopic (exact) mass is 314 g/mol. The van der Waals surface area contributed by atoms with E-state index in [4.69, 9.17) is 17.3 Å². The van der Waals surface area contributed by atoms with Gasteiger partial charge in [0, 0.05) is 15.8 Å². The van der Waals surface area contributed by atoms with Gasteiger partial charge in [-0.2, -0.15) is 0 Å². The van der Waals surface area contributed by atoms with Crippen LogP contribution in [0.4, 0.5) is 21.5 Å². The largest absolute Gasteiger partial charge is 0.399 e. The normalized spacial score (nSPS) is 10.3. The molecule has 17 heavy (non-hydrogen) atoms. The van der Waals surface area contributed by atoms with E-state index in [2.05, 4.69) is 21.2 Å². The van der Waals surface area contributed by atoms with Crippen molar-refractivity contribution in [2.24, 2.45) is 0 Å². The minimum atomic E-state index is -0.436. The molecule has 0 unspecified atom stereocenters. The van der Waals surface area contributed by atoms with Crippen LogP contribution in [0.25, 0.3) is 0 Å². The molecule has 0 bridgehead atoms. The van der Waals surface area contributed by atoms with Crippen LogP contribution in [0.3, 0.4) is 0 Å². The minimum Gasteiger partial charge on any atom is -0.399 e. The first-order chi connectivity index (χ1) is 8.06. The van der Waals surface area contributed by atoms with Crippen molar-refractivity contribution in [3.8, 4) is 0 Å². The third kappa shape index (κ3) is 2.90. The van der Waals surface area contributed by atoms with E-state index in [1.807, 2.05) is 6.07 Å². The number of nitrogens with two attached hydrogens (primary N) is 1. The van der Waals surface area contributed by atoms with Crippen molar-refractivity contribution in [2.75, 3.05) is 11.1 Å². The van der Waals surface area contributed by atoms with Gasteiger partial charge in [-0.3, -0.25) is 0 Å². The third-order valence-electron chi connectivity index (χ3n) is 2.19. The van der Waals surface area contributed by atoms with E-state index in [0.717, 1.165) is 10.2 Å². The van der Waals surface area contributed by atoms with Gasteiger partial charge < -0.3 is 11.1 Å². The second-order valence-corrected chi connectivity index (χ2v) is 4.75. The van der Waals surface area contributed by atoms with Gasteiger partial charge >= 0.3 is 0 Å². The van der Waals surface area contributed by atoms with Gasteiger partial charge in [-0.05, 0) is 52.3 Å². The zero-order valence-corrected chi connectivity index (χ0v) is 11.0. The van der Waals surface area contributed by atoms with Crippen LogP contribution in [0, 0.1) is 5.82 Å². The maximum Gasteiger partial charge on any atom is 0.141 e. The number of rotatable bonds is 2. The Hall–Kier alpha value is -1.26. The predicted molar refractivity (Wildman–Crippen MR) is 73.2 cm³/mol. The summed E-state index contributed by atoms with van der Waals surface area (Å²) in [6, 6.07) is 9.85. The summed E-state index contributed by atoms with van der Waals surface area (Å²) in [4.78, 5) is 0. The van der Waals surface area contributed by atoms with Crippen molar-refractivity contribution in [3.63, 3.8) is 0 Å². The van der Waals surface area contributed by atoms with E-state index in [1.54, 1.807) is 18.2 Å². The predicted octanol–water partition coefficient (Wildman–Crippen LogP) is 4.57. The van der Waals surface area contributed by atoms with E-state index in [-0.39, 0.29) is 5.02 Å². The molecule has 0 saturated carbocycles. The van der Waals surface area contributed by atoms with Crippen molar-refractivity contribution in [2.45, 2.75) is 0 Å². The van der Waals surface area contributed by atoms with Gasteiger partial charge in [0.25, 0.3) is 0 Å². The minimum absolute atomic E-state index is 0.0848. The van der Waals surface area contributed by atoms with E-state index < -0.39 is 5.82 Å². The van der Waals surface area contributed by atoms with E-state index in [9.17, 15) is 4.39 Å². The molecule has 2 nitrogen and oxygen atoms in total. The summed E-state index contributed by atoms with van der Waals surface area (Å²) in [5.41, 5.74) is 7.85. The Morgan fingerprint density at radius 1 is 1.18 bits per heavy atom. The van der Waals surface area contributed by atoms with Crippen molar-refractivity contribution in [1.29, 1.82) is 0 Å². The lowest BCUT2D eigenvalue weighted by Crippen LogP contribution is -1.93. The molecule has 0 radical (unpaired) electrons. The van der Waals surface area contributed by atoms with Crippen LogP contribution in [-0.4, -0.2) is 0 Å². The Labute approximate surface area is 112 Å². The van der Waals surface area contributed by atoms with Gasteiger partial charge in [0.15, 0.2) is 0 Å².